The highest BCUT2D eigenvalue weighted by Crippen LogP contribution is 2.31. The van der Waals surface area contributed by atoms with E-state index in [0.29, 0.717) is 0 Å². The topological polar surface area (TPSA) is 71.9 Å². The number of halogens is 4. The second-order valence-corrected chi connectivity index (χ2v) is 2.92. The molecule has 0 unspecified atom stereocenters. The number of pyridine rings is 1. The van der Waals surface area contributed by atoms with Crippen LogP contribution in [0.2, 0.25) is 0 Å². The van der Waals surface area contributed by atoms with Crippen molar-refractivity contribution in [2.24, 2.45) is 0 Å². The molecule has 0 aliphatic carbocycles. The van der Waals surface area contributed by atoms with E-state index in [1.165, 1.54) is 0 Å². The lowest BCUT2D eigenvalue weighted by molar-refractivity contribution is -0.274. The van der Waals surface area contributed by atoms with E-state index in [1.54, 1.807) is 6.07 Å². The molecule has 0 spiro atoms. The number of hydrogen-bond donors (Lipinski definition) is 1. The van der Waals surface area contributed by atoms with Crippen molar-refractivity contribution in [3.8, 4) is 11.8 Å². The Labute approximate surface area is 93.4 Å². The number of nitrogen functional groups attached to an aromatic ring is 1. The summed E-state index contributed by atoms with van der Waals surface area (Å²) in [7, 11) is 0. The summed E-state index contributed by atoms with van der Waals surface area (Å²) >= 11 is 5.45. The van der Waals surface area contributed by atoms with Gasteiger partial charge in [-0.1, -0.05) is 0 Å². The first-order valence-electron chi connectivity index (χ1n) is 3.88. The Hall–Kier alpha value is -1.68. The number of nitrogens with zero attached hydrogens (tertiary/aromatic N) is 2. The number of hydrogen-bond acceptors (Lipinski definition) is 4. The second kappa shape index (κ2) is 4.45. The van der Waals surface area contributed by atoms with Crippen LogP contribution in [0.4, 0.5) is 18.9 Å². The predicted octanol–water partition coefficient (Wildman–Crippen LogP) is 2.17. The Bertz CT molecular complexity index is 441. The lowest BCUT2D eigenvalue weighted by Gasteiger charge is -2.12. The fourth-order valence-corrected chi connectivity index (χ4v) is 1.26. The van der Waals surface area contributed by atoms with Crippen LogP contribution >= 0.6 is 11.6 Å². The molecule has 0 amide bonds. The van der Waals surface area contributed by atoms with Crippen LogP contribution in [-0.2, 0) is 5.88 Å². The molecule has 1 aromatic rings. The van der Waals surface area contributed by atoms with Crippen molar-refractivity contribution < 1.29 is 17.9 Å². The molecule has 0 aromatic carbocycles. The lowest BCUT2D eigenvalue weighted by atomic mass is 10.2. The van der Waals surface area contributed by atoms with Gasteiger partial charge < -0.3 is 10.5 Å². The minimum absolute atomic E-state index is 0.0194. The summed E-state index contributed by atoms with van der Waals surface area (Å²) in [6.45, 7) is 0. The molecule has 1 rings (SSSR count). The van der Waals surface area contributed by atoms with Gasteiger partial charge in [-0.25, -0.2) is 4.98 Å². The number of aromatic nitrogens is 1. The molecule has 0 saturated heterocycles. The van der Waals surface area contributed by atoms with E-state index in [1.807, 2.05) is 0 Å². The monoisotopic (exact) mass is 251 g/mol. The van der Waals surface area contributed by atoms with Gasteiger partial charge in [-0.15, -0.1) is 24.8 Å². The van der Waals surface area contributed by atoms with E-state index in [4.69, 9.17) is 22.6 Å². The molecule has 8 heteroatoms. The molecule has 4 nitrogen and oxygen atoms in total. The van der Waals surface area contributed by atoms with Crippen LogP contribution in [0.15, 0.2) is 6.20 Å². The van der Waals surface area contributed by atoms with E-state index in [-0.39, 0.29) is 22.8 Å². The summed E-state index contributed by atoms with van der Waals surface area (Å²) < 4.78 is 39.4. The fraction of sp³-hybridized carbons (Fsp3) is 0.250. The third kappa shape index (κ3) is 2.67. The number of anilines is 1. The smallest absolute Gasteiger partial charge is 0.402 e. The first-order chi connectivity index (χ1) is 7.39. The zero-order valence-electron chi connectivity index (χ0n) is 7.68. The van der Waals surface area contributed by atoms with Gasteiger partial charge in [0.05, 0.1) is 17.8 Å². The molecule has 0 aliphatic heterocycles. The van der Waals surface area contributed by atoms with Crippen LogP contribution in [0.25, 0.3) is 0 Å². The SMILES string of the molecule is N#Cc1ncc(OC(F)(F)F)c(N)c1CCl. The Balaban J connectivity index is 3.20. The summed E-state index contributed by atoms with van der Waals surface area (Å²) in [6.07, 6.45) is -4.13. The van der Waals surface area contributed by atoms with Crippen molar-refractivity contribution in [3.05, 3.63) is 17.5 Å². The van der Waals surface area contributed by atoms with E-state index < -0.39 is 12.1 Å². The van der Waals surface area contributed by atoms with Crippen molar-refractivity contribution in [2.45, 2.75) is 12.2 Å². The molecule has 16 heavy (non-hydrogen) atoms. The number of nitrogens with two attached hydrogens (primary N) is 1. The predicted molar refractivity (Wildman–Crippen MR) is 49.6 cm³/mol. The van der Waals surface area contributed by atoms with Crippen molar-refractivity contribution in [2.75, 3.05) is 5.73 Å². The van der Waals surface area contributed by atoms with Gasteiger partial charge in [0.25, 0.3) is 0 Å². The van der Waals surface area contributed by atoms with Gasteiger partial charge >= 0.3 is 6.36 Å². The summed E-state index contributed by atoms with van der Waals surface area (Å²) in [5.74, 6) is -0.890. The standard InChI is InChI=1S/C8H5ClF3N3O/c9-1-4-5(2-13)15-3-6(7(4)14)16-8(10,11)12/h3H,1H2,(H2,14,15). The van der Waals surface area contributed by atoms with E-state index in [2.05, 4.69) is 9.72 Å². The summed E-state index contributed by atoms with van der Waals surface area (Å²) in [5.41, 5.74) is 4.94. The molecule has 0 radical (unpaired) electrons. The van der Waals surface area contributed by atoms with Crippen molar-refractivity contribution in [3.63, 3.8) is 0 Å². The van der Waals surface area contributed by atoms with Gasteiger partial charge in [0.2, 0.25) is 0 Å². The van der Waals surface area contributed by atoms with Crippen LogP contribution in [0.3, 0.4) is 0 Å². The van der Waals surface area contributed by atoms with Crippen LogP contribution < -0.4 is 10.5 Å². The molecule has 0 atom stereocenters. The second-order valence-electron chi connectivity index (χ2n) is 2.66. The first kappa shape index (κ1) is 12.4. The van der Waals surface area contributed by atoms with Gasteiger partial charge in [0.15, 0.2) is 5.75 Å². The minimum atomic E-state index is -4.87. The Morgan fingerprint density at radius 3 is 2.62 bits per heavy atom. The molecule has 0 fully saturated rings. The van der Waals surface area contributed by atoms with E-state index >= 15 is 0 Å². The summed E-state index contributed by atoms with van der Waals surface area (Å²) in [6, 6.07) is 1.67. The fourth-order valence-electron chi connectivity index (χ4n) is 0.985. The highest BCUT2D eigenvalue weighted by atomic mass is 35.5. The van der Waals surface area contributed by atoms with E-state index in [0.717, 1.165) is 6.20 Å². The quantitative estimate of drug-likeness (QED) is 0.818. The van der Waals surface area contributed by atoms with Crippen molar-refractivity contribution in [1.29, 1.82) is 5.26 Å². The van der Waals surface area contributed by atoms with Gasteiger partial charge in [-0.05, 0) is 0 Å². The summed E-state index contributed by atoms with van der Waals surface area (Å²) in [5, 5.41) is 8.61. The molecule has 0 bridgehead atoms. The zero-order valence-corrected chi connectivity index (χ0v) is 8.43. The van der Waals surface area contributed by atoms with Crippen LogP contribution in [0.1, 0.15) is 11.3 Å². The van der Waals surface area contributed by atoms with Crippen LogP contribution in [0.5, 0.6) is 5.75 Å². The lowest BCUT2D eigenvalue weighted by Crippen LogP contribution is -2.19. The molecule has 1 heterocycles. The third-order valence-corrected chi connectivity index (χ3v) is 1.92. The third-order valence-electron chi connectivity index (χ3n) is 1.65. The maximum atomic E-state index is 11.9. The maximum absolute atomic E-state index is 11.9. The zero-order chi connectivity index (χ0) is 12.3. The Morgan fingerprint density at radius 2 is 2.19 bits per heavy atom. The van der Waals surface area contributed by atoms with Crippen LogP contribution in [0, 0.1) is 11.3 Å². The first-order valence-corrected chi connectivity index (χ1v) is 4.41. The normalized spacial score (nSPS) is 10.9. The molecule has 1 aromatic heterocycles. The van der Waals surface area contributed by atoms with Crippen molar-refractivity contribution >= 4 is 17.3 Å². The highest BCUT2D eigenvalue weighted by molar-refractivity contribution is 6.17. The number of alkyl halides is 4. The molecule has 2 N–H and O–H groups in total. The number of nitriles is 1. The highest BCUT2D eigenvalue weighted by Gasteiger charge is 2.32. The average Bonchev–Trinajstić information content (AvgIpc) is 2.19. The Kier molecular flexibility index (Phi) is 3.44. The van der Waals surface area contributed by atoms with E-state index in [9.17, 15) is 13.2 Å². The van der Waals surface area contributed by atoms with Crippen molar-refractivity contribution in [1.82, 2.24) is 4.98 Å². The van der Waals surface area contributed by atoms with Gasteiger partial charge in [-0.3, -0.25) is 0 Å². The van der Waals surface area contributed by atoms with Gasteiger partial charge in [0.1, 0.15) is 11.8 Å². The minimum Gasteiger partial charge on any atom is -0.402 e. The van der Waals surface area contributed by atoms with Crippen LogP contribution in [-0.4, -0.2) is 11.3 Å². The maximum Gasteiger partial charge on any atom is 0.573 e. The van der Waals surface area contributed by atoms with Gasteiger partial charge in [-0.2, -0.15) is 5.26 Å². The molecule has 0 saturated carbocycles. The van der Waals surface area contributed by atoms with Gasteiger partial charge in [0, 0.05) is 5.56 Å². The largest absolute Gasteiger partial charge is 0.573 e. The summed E-state index contributed by atoms with van der Waals surface area (Å²) in [4.78, 5) is 3.46. The molecule has 86 valence electrons. The average molecular weight is 252 g/mol. The molecular weight excluding hydrogens is 247 g/mol. The number of ether oxygens (including phenoxy) is 1. The molecular formula is C8H5ClF3N3O. The Morgan fingerprint density at radius 1 is 1.56 bits per heavy atom. The number of rotatable bonds is 2. The molecule has 0 aliphatic rings.